The molecule has 0 saturated heterocycles. The lowest BCUT2D eigenvalue weighted by Gasteiger charge is -2.19. The molecule has 0 bridgehead atoms. The molecule has 3 atom stereocenters. The Morgan fingerprint density at radius 3 is 0.964 bits per heavy atom. The SMILES string of the molecule is Cc1cc2n(n1)CCC(NC(=O)c1n[nH]c(Cc3ccccc3)n1)C(=O)N2C.Cc1cc2n(n1)CC[C@@H](NC(=O)c1n[nH]c(Cc3ccccc3)n1)C(=O)N2C.Cc1cc2n(n1)CC[C@H](NC(=O)c1n[nH]c(Cc3ccccc3)n1)C(=O)N2C. The topological polar surface area (TPSA) is 326 Å². The van der Waals surface area contributed by atoms with Crippen molar-refractivity contribution in [2.75, 3.05) is 35.8 Å². The van der Waals surface area contributed by atoms with Gasteiger partial charge in [0.15, 0.2) is 0 Å². The van der Waals surface area contributed by atoms with Crippen LogP contribution in [0.1, 0.15) is 102 Å². The molecule has 6 N–H and O–H groups in total. The molecule has 3 aliphatic rings. The van der Waals surface area contributed by atoms with Crippen LogP contribution in [-0.4, -0.2) is 150 Å². The van der Waals surface area contributed by atoms with Gasteiger partial charge in [-0.3, -0.25) is 58.8 Å². The predicted octanol–water partition coefficient (Wildman–Crippen LogP) is 3.20. The van der Waals surface area contributed by atoms with Crippen molar-refractivity contribution in [1.82, 2.24) is 90.8 Å². The molecule has 12 rings (SSSR count). The van der Waals surface area contributed by atoms with E-state index in [1.165, 1.54) is 14.7 Å². The standard InChI is InChI=1S/3C19H21N7O2/c3*1-12-10-16-25(2)19(28)14(8-9-26(16)24-12)20-18(27)17-21-15(22-23-17)11-13-6-4-3-5-7-13/h3*3-7,10,14H,8-9,11H2,1-2H3,(H,20,27)(H,21,22,23)/t2*14-;/m10./s1. The molecule has 27 nitrogen and oxygen atoms in total. The Morgan fingerprint density at radius 2 is 0.702 bits per heavy atom. The molecule has 6 amide bonds. The molecule has 0 radical (unpaired) electrons. The number of aromatic nitrogens is 15. The van der Waals surface area contributed by atoms with Crippen molar-refractivity contribution in [3.05, 3.63) is 178 Å². The number of fused-ring (bicyclic) bond motifs is 3. The largest absolute Gasteiger partial charge is 0.337 e. The lowest BCUT2D eigenvalue weighted by molar-refractivity contribution is -0.120. The highest BCUT2D eigenvalue weighted by molar-refractivity contribution is 6.02. The number of anilines is 3. The summed E-state index contributed by atoms with van der Waals surface area (Å²) in [5.41, 5.74) is 5.75. The van der Waals surface area contributed by atoms with Gasteiger partial charge in [-0.15, -0.1) is 15.3 Å². The number of hydrogen-bond donors (Lipinski definition) is 6. The molecule has 9 aromatic rings. The fourth-order valence-electron chi connectivity index (χ4n) is 9.93. The molecule has 0 fully saturated rings. The van der Waals surface area contributed by atoms with Gasteiger partial charge in [-0.05, 0) is 56.7 Å². The Labute approximate surface area is 481 Å². The van der Waals surface area contributed by atoms with Gasteiger partial charge in [0.2, 0.25) is 17.5 Å². The first-order valence-corrected chi connectivity index (χ1v) is 27.3. The number of benzene rings is 3. The molecule has 27 heteroatoms. The summed E-state index contributed by atoms with van der Waals surface area (Å²) < 4.78 is 5.35. The highest BCUT2D eigenvalue weighted by Crippen LogP contribution is 2.24. The Morgan fingerprint density at radius 1 is 0.440 bits per heavy atom. The van der Waals surface area contributed by atoms with Crippen molar-refractivity contribution in [2.24, 2.45) is 0 Å². The summed E-state index contributed by atoms with van der Waals surface area (Å²) >= 11 is 0. The Hall–Kier alpha value is -10.5. The minimum Gasteiger partial charge on any atom is -0.337 e. The first kappa shape index (κ1) is 56.8. The second-order valence-electron chi connectivity index (χ2n) is 20.5. The van der Waals surface area contributed by atoms with E-state index in [0.717, 1.165) is 51.2 Å². The van der Waals surface area contributed by atoms with Crippen LogP contribution in [0.15, 0.2) is 109 Å². The van der Waals surface area contributed by atoms with E-state index in [4.69, 9.17) is 0 Å². The zero-order chi connectivity index (χ0) is 59.0. The van der Waals surface area contributed by atoms with E-state index in [-0.39, 0.29) is 35.2 Å². The van der Waals surface area contributed by atoms with Gasteiger partial charge in [0, 0.05) is 78.2 Å². The molecule has 0 aliphatic carbocycles. The number of carbonyl (C=O) groups is 6. The summed E-state index contributed by atoms with van der Waals surface area (Å²) in [6.45, 7) is 7.27. The average molecular weight is 1140 g/mol. The molecular weight excluding hydrogens is 1070 g/mol. The zero-order valence-corrected chi connectivity index (χ0v) is 47.1. The number of aryl methyl sites for hydroxylation is 6. The Balaban J connectivity index is 0.000000140. The van der Waals surface area contributed by atoms with Gasteiger partial charge in [-0.1, -0.05) is 91.0 Å². The summed E-state index contributed by atoms with van der Waals surface area (Å²) in [6.07, 6.45) is 2.99. The van der Waals surface area contributed by atoms with E-state index in [2.05, 4.69) is 76.8 Å². The van der Waals surface area contributed by atoms with Crippen molar-refractivity contribution >= 4 is 52.9 Å². The molecule has 6 aromatic heterocycles. The van der Waals surface area contributed by atoms with Crippen LogP contribution in [0.25, 0.3) is 0 Å². The Bertz CT molecular complexity index is 3420. The third-order valence-electron chi connectivity index (χ3n) is 14.2. The maximum Gasteiger partial charge on any atom is 0.291 e. The summed E-state index contributed by atoms with van der Waals surface area (Å²) in [7, 11) is 5.06. The van der Waals surface area contributed by atoms with Crippen LogP contribution in [0, 0.1) is 20.8 Å². The fourth-order valence-corrected chi connectivity index (χ4v) is 9.93. The zero-order valence-electron chi connectivity index (χ0n) is 47.1. The molecular formula is C57H63N21O6. The van der Waals surface area contributed by atoms with E-state index in [0.29, 0.717) is 75.6 Å². The second-order valence-corrected chi connectivity index (χ2v) is 20.5. The van der Waals surface area contributed by atoms with Crippen LogP contribution in [-0.2, 0) is 53.3 Å². The van der Waals surface area contributed by atoms with E-state index in [1.807, 2.05) is 130 Å². The van der Waals surface area contributed by atoms with Crippen molar-refractivity contribution in [1.29, 1.82) is 0 Å². The van der Waals surface area contributed by atoms with Gasteiger partial charge >= 0.3 is 0 Å². The van der Waals surface area contributed by atoms with Crippen LogP contribution in [0.5, 0.6) is 0 Å². The second kappa shape index (κ2) is 25.1. The number of nitrogens with zero attached hydrogens (tertiary/aromatic N) is 15. The summed E-state index contributed by atoms with van der Waals surface area (Å²) in [6, 6.07) is 33.0. The highest BCUT2D eigenvalue weighted by atomic mass is 16.2. The molecule has 1 unspecified atom stereocenters. The van der Waals surface area contributed by atoms with Gasteiger partial charge < -0.3 is 16.0 Å². The highest BCUT2D eigenvalue weighted by Gasteiger charge is 2.34. The summed E-state index contributed by atoms with van der Waals surface area (Å²) in [5, 5.41) is 41.8. The fraction of sp³-hybridized carbons (Fsp3) is 0.316. The molecule has 9 heterocycles. The lowest BCUT2D eigenvalue weighted by atomic mass is 10.1. The predicted molar refractivity (Wildman–Crippen MR) is 306 cm³/mol. The molecule has 84 heavy (non-hydrogen) atoms. The van der Waals surface area contributed by atoms with Crippen LogP contribution in [0.4, 0.5) is 17.5 Å². The van der Waals surface area contributed by atoms with Gasteiger partial charge in [0.05, 0.1) is 17.1 Å². The number of H-pyrrole nitrogens is 3. The van der Waals surface area contributed by atoms with Gasteiger partial charge in [0.25, 0.3) is 35.4 Å². The maximum atomic E-state index is 12.8. The van der Waals surface area contributed by atoms with Crippen LogP contribution in [0.2, 0.25) is 0 Å². The third-order valence-corrected chi connectivity index (χ3v) is 14.2. The molecule has 432 valence electrons. The number of carbonyl (C=O) groups excluding carboxylic acids is 6. The van der Waals surface area contributed by atoms with Crippen LogP contribution < -0.4 is 30.7 Å². The number of aromatic amines is 3. The van der Waals surface area contributed by atoms with Crippen molar-refractivity contribution in [2.45, 2.75) is 97.1 Å². The smallest absolute Gasteiger partial charge is 0.291 e. The van der Waals surface area contributed by atoms with Crippen LogP contribution >= 0.6 is 0 Å². The van der Waals surface area contributed by atoms with Crippen molar-refractivity contribution in [3.8, 4) is 0 Å². The van der Waals surface area contributed by atoms with E-state index in [1.54, 1.807) is 35.2 Å². The van der Waals surface area contributed by atoms with Gasteiger partial charge in [-0.2, -0.15) is 15.3 Å². The molecule has 3 aromatic carbocycles. The molecule has 0 spiro atoms. The monoisotopic (exact) mass is 1140 g/mol. The first-order valence-electron chi connectivity index (χ1n) is 27.3. The summed E-state index contributed by atoms with van der Waals surface area (Å²) in [4.78, 5) is 93.3. The van der Waals surface area contributed by atoms with Gasteiger partial charge in [-0.25, -0.2) is 29.0 Å². The van der Waals surface area contributed by atoms with Crippen molar-refractivity contribution < 1.29 is 28.8 Å². The third kappa shape index (κ3) is 13.3. The van der Waals surface area contributed by atoms with E-state index >= 15 is 0 Å². The normalized spacial score (nSPS) is 16.6. The minimum absolute atomic E-state index is 0.0270. The number of nitrogens with one attached hydrogen (secondary N) is 6. The summed E-state index contributed by atoms with van der Waals surface area (Å²) in [5.74, 6) is 2.05. The molecule has 0 saturated carbocycles. The average Bonchev–Trinajstić information content (AvgIpc) is 4.56. The number of rotatable bonds is 12. The first-order chi connectivity index (χ1) is 40.5. The maximum absolute atomic E-state index is 12.8. The van der Waals surface area contributed by atoms with Crippen molar-refractivity contribution in [3.63, 3.8) is 0 Å². The van der Waals surface area contributed by atoms with E-state index in [9.17, 15) is 28.8 Å². The van der Waals surface area contributed by atoms with E-state index < -0.39 is 35.8 Å². The number of likely N-dealkylation sites (N-methyl/N-ethyl adjacent to an activating group) is 3. The number of hydrogen-bond acceptors (Lipinski definition) is 15. The number of amides is 6. The Kier molecular flexibility index (Phi) is 17.0. The van der Waals surface area contributed by atoms with Crippen LogP contribution in [0.3, 0.4) is 0 Å². The molecule has 3 aliphatic heterocycles. The lowest BCUT2D eigenvalue weighted by Crippen LogP contribution is -2.47. The minimum atomic E-state index is -0.657. The van der Waals surface area contributed by atoms with Gasteiger partial charge in [0.1, 0.15) is 53.1 Å². The quantitative estimate of drug-likeness (QED) is 0.102.